The zero-order valence-corrected chi connectivity index (χ0v) is 11.3. The van der Waals surface area contributed by atoms with E-state index in [1.54, 1.807) is 18.3 Å². The topological polar surface area (TPSA) is 33.2 Å². The predicted octanol–water partition coefficient (Wildman–Crippen LogP) is 2.78. The molecule has 1 aliphatic rings. The number of likely N-dealkylation sites (tertiary alicyclic amines) is 1. The molecule has 3 rings (SSSR count). The maximum atomic E-state index is 13.7. The van der Waals surface area contributed by atoms with Crippen LogP contribution in [0.3, 0.4) is 0 Å². The zero-order chi connectivity index (χ0) is 13.9. The van der Waals surface area contributed by atoms with Gasteiger partial charge in [0.25, 0.3) is 0 Å². The van der Waals surface area contributed by atoms with Crippen molar-refractivity contribution in [3.8, 4) is 0 Å². The van der Waals surface area contributed by atoms with Gasteiger partial charge in [0.05, 0.1) is 5.52 Å². The van der Waals surface area contributed by atoms with E-state index in [1.165, 1.54) is 6.07 Å². The van der Waals surface area contributed by atoms with Crippen LogP contribution in [0.2, 0.25) is 0 Å². The van der Waals surface area contributed by atoms with E-state index in [0.29, 0.717) is 5.39 Å². The van der Waals surface area contributed by atoms with E-state index in [2.05, 4.69) is 9.88 Å². The van der Waals surface area contributed by atoms with Gasteiger partial charge in [-0.15, -0.1) is 0 Å². The van der Waals surface area contributed by atoms with E-state index >= 15 is 0 Å². The number of hydrogen-bond acceptors (Lipinski definition) is 3. The Bertz CT molecular complexity index is 621. The molecular weight excluding hydrogens is 255 g/mol. The number of hydrogen-bond donors (Lipinski definition) is 0. The number of nitrogens with zero attached hydrogens (tertiary/aromatic N) is 2. The number of halogens is 1. The molecule has 0 spiro atoms. The first-order valence-electron chi connectivity index (χ1n) is 6.97. The number of aromatic nitrogens is 1. The quantitative estimate of drug-likeness (QED) is 0.806. The maximum absolute atomic E-state index is 13.7. The van der Waals surface area contributed by atoms with Crippen molar-refractivity contribution in [2.45, 2.75) is 19.4 Å². The van der Waals surface area contributed by atoms with Crippen LogP contribution in [0.15, 0.2) is 30.5 Å². The van der Waals surface area contributed by atoms with Crippen LogP contribution in [0.1, 0.15) is 18.4 Å². The summed E-state index contributed by atoms with van der Waals surface area (Å²) in [6, 6.07) is 6.85. The van der Waals surface area contributed by atoms with Crippen molar-refractivity contribution in [1.29, 1.82) is 0 Å². The Kier molecular flexibility index (Phi) is 3.74. The summed E-state index contributed by atoms with van der Waals surface area (Å²) in [5, 5.41) is 0.577. The molecule has 2 heterocycles. The first-order valence-corrected chi connectivity index (χ1v) is 6.97. The average Bonchev–Trinajstić information content (AvgIpc) is 2.51. The van der Waals surface area contributed by atoms with Gasteiger partial charge in [-0.1, -0.05) is 6.07 Å². The summed E-state index contributed by atoms with van der Waals surface area (Å²) < 4.78 is 13.7. The van der Waals surface area contributed by atoms with Crippen molar-refractivity contribution >= 4 is 17.2 Å². The van der Waals surface area contributed by atoms with E-state index in [1.807, 2.05) is 6.07 Å². The van der Waals surface area contributed by atoms with Crippen molar-refractivity contribution in [3.05, 3.63) is 41.8 Å². The molecular formula is C16H17FN2O. The molecule has 1 aliphatic heterocycles. The molecule has 0 saturated carbocycles. The number of carbonyl (C=O) groups is 1. The van der Waals surface area contributed by atoms with Crippen LogP contribution < -0.4 is 0 Å². The van der Waals surface area contributed by atoms with Crippen LogP contribution in [0.5, 0.6) is 0 Å². The Morgan fingerprint density at radius 2 is 2.10 bits per heavy atom. The first-order chi connectivity index (χ1) is 9.78. The van der Waals surface area contributed by atoms with Gasteiger partial charge in [-0.3, -0.25) is 9.88 Å². The molecule has 1 aromatic heterocycles. The fraction of sp³-hybridized carbons (Fsp3) is 0.375. The minimum Gasteiger partial charge on any atom is -0.303 e. The lowest BCUT2D eigenvalue weighted by Gasteiger charge is -2.29. The molecule has 0 bridgehead atoms. The minimum absolute atomic E-state index is 0.203. The maximum Gasteiger partial charge on any atom is 0.132 e. The number of aldehydes is 1. The van der Waals surface area contributed by atoms with Gasteiger partial charge in [0.1, 0.15) is 12.1 Å². The van der Waals surface area contributed by atoms with Gasteiger partial charge in [0, 0.05) is 24.0 Å². The summed E-state index contributed by atoms with van der Waals surface area (Å²) in [4.78, 5) is 17.4. The lowest BCUT2D eigenvalue weighted by molar-refractivity contribution is -0.112. The summed E-state index contributed by atoms with van der Waals surface area (Å²) >= 11 is 0. The molecule has 4 heteroatoms. The molecule has 1 saturated heterocycles. The third-order valence-electron chi connectivity index (χ3n) is 4.02. The molecule has 3 nitrogen and oxygen atoms in total. The Morgan fingerprint density at radius 3 is 2.85 bits per heavy atom. The van der Waals surface area contributed by atoms with Gasteiger partial charge < -0.3 is 4.79 Å². The molecule has 0 atom stereocenters. The third kappa shape index (κ3) is 2.56. The standard InChI is InChI=1S/C16H17FN2O/c17-15-4-3-13(16-14(15)2-1-7-18-16)10-19-8-5-12(11-20)6-9-19/h1-4,7,11-12H,5-6,8-10H2. The van der Waals surface area contributed by atoms with Crippen LogP contribution in [-0.2, 0) is 11.3 Å². The number of rotatable bonds is 3. The van der Waals surface area contributed by atoms with Crippen LogP contribution in [-0.4, -0.2) is 29.3 Å². The SMILES string of the molecule is O=CC1CCN(Cc2ccc(F)c3cccnc23)CC1. The van der Waals surface area contributed by atoms with Gasteiger partial charge in [-0.05, 0) is 49.7 Å². The van der Waals surface area contributed by atoms with E-state index < -0.39 is 0 Å². The van der Waals surface area contributed by atoms with Crippen molar-refractivity contribution in [1.82, 2.24) is 9.88 Å². The van der Waals surface area contributed by atoms with E-state index in [-0.39, 0.29) is 11.7 Å². The van der Waals surface area contributed by atoms with Crippen LogP contribution >= 0.6 is 0 Å². The summed E-state index contributed by atoms with van der Waals surface area (Å²) in [5.41, 5.74) is 1.79. The lowest BCUT2D eigenvalue weighted by atomic mass is 9.98. The second-order valence-electron chi connectivity index (χ2n) is 5.36. The molecule has 0 radical (unpaired) electrons. The monoisotopic (exact) mass is 272 g/mol. The normalized spacial score (nSPS) is 17.4. The van der Waals surface area contributed by atoms with Gasteiger partial charge >= 0.3 is 0 Å². The molecule has 0 amide bonds. The number of pyridine rings is 1. The average molecular weight is 272 g/mol. The Hall–Kier alpha value is -1.81. The Morgan fingerprint density at radius 1 is 1.30 bits per heavy atom. The highest BCUT2D eigenvalue weighted by Gasteiger charge is 2.19. The summed E-state index contributed by atoms with van der Waals surface area (Å²) in [5.74, 6) is -0.0224. The van der Waals surface area contributed by atoms with Crippen molar-refractivity contribution in [3.63, 3.8) is 0 Å². The molecule has 0 N–H and O–H groups in total. The summed E-state index contributed by atoms with van der Waals surface area (Å²) in [6.07, 6.45) is 4.59. The molecule has 1 aromatic carbocycles. The number of carbonyl (C=O) groups excluding carboxylic acids is 1. The fourth-order valence-electron chi connectivity index (χ4n) is 2.81. The predicted molar refractivity (Wildman–Crippen MR) is 75.8 cm³/mol. The van der Waals surface area contributed by atoms with Gasteiger partial charge in [0.2, 0.25) is 0 Å². The van der Waals surface area contributed by atoms with Crippen molar-refractivity contribution in [2.24, 2.45) is 5.92 Å². The zero-order valence-electron chi connectivity index (χ0n) is 11.3. The van der Waals surface area contributed by atoms with Crippen molar-refractivity contribution in [2.75, 3.05) is 13.1 Å². The smallest absolute Gasteiger partial charge is 0.132 e. The van der Waals surface area contributed by atoms with Crippen LogP contribution in [0.4, 0.5) is 4.39 Å². The molecule has 2 aromatic rings. The Labute approximate surface area is 117 Å². The second kappa shape index (κ2) is 5.67. The highest BCUT2D eigenvalue weighted by atomic mass is 19.1. The molecule has 0 aliphatic carbocycles. The molecule has 104 valence electrons. The second-order valence-corrected chi connectivity index (χ2v) is 5.36. The van der Waals surface area contributed by atoms with E-state index in [0.717, 1.165) is 49.8 Å². The molecule has 1 fully saturated rings. The van der Waals surface area contributed by atoms with Crippen LogP contribution in [0.25, 0.3) is 10.9 Å². The number of piperidine rings is 1. The largest absolute Gasteiger partial charge is 0.303 e. The van der Waals surface area contributed by atoms with E-state index in [4.69, 9.17) is 0 Å². The Balaban J connectivity index is 1.81. The summed E-state index contributed by atoms with van der Waals surface area (Å²) in [6.45, 7) is 2.59. The van der Waals surface area contributed by atoms with Gasteiger partial charge in [-0.2, -0.15) is 0 Å². The van der Waals surface area contributed by atoms with Gasteiger partial charge in [-0.25, -0.2) is 4.39 Å². The minimum atomic E-state index is -0.225. The number of fused-ring (bicyclic) bond motifs is 1. The highest BCUT2D eigenvalue weighted by molar-refractivity contribution is 5.82. The number of benzene rings is 1. The fourth-order valence-corrected chi connectivity index (χ4v) is 2.81. The third-order valence-corrected chi connectivity index (χ3v) is 4.02. The highest BCUT2D eigenvalue weighted by Crippen LogP contribution is 2.23. The molecule has 0 unspecified atom stereocenters. The lowest BCUT2D eigenvalue weighted by Crippen LogP contribution is -2.33. The van der Waals surface area contributed by atoms with Crippen LogP contribution in [0, 0.1) is 11.7 Å². The van der Waals surface area contributed by atoms with E-state index in [9.17, 15) is 9.18 Å². The first kappa shape index (κ1) is 13.2. The van der Waals surface area contributed by atoms with Crippen molar-refractivity contribution < 1.29 is 9.18 Å². The van der Waals surface area contributed by atoms with Gasteiger partial charge in [0.15, 0.2) is 0 Å². The molecule has 20 heavy (non-hydrogen) atoms. The summed E-state index contributed by atoms with van der Waals surface area (Å²) in [7, 11) is 0.